The van der Waals surface area contributed by atoms with Gasteiger partial charge in [0.1, 0.15) is 0 Å². The van der Waals surface area contributed by atoms with Crippen LogP contribution in [0.2, 0.25) is 15.1 Å². The zero-order valence-corrected chi connectivity index (χ0v) is 20.2. The Morgan fingerprint density at radius 3 is 2.56 bits per heavy atom. The van der Waals surface area contributed by atoms with Gasteiger partial charge in [-0.3, -0.25) is 4.79 Å². The summed E-state index contributed by atoms with van der Waals surface area (Å²) in [5, 5.41) is 3.63. The predicted molar refractivity (Wildman–Crippen MR) is 125 cm³/mol. The average molecular weight is 520 g/mol. The zero-order chi connectivity index (χ0) is 23.5. The number of amides is 1. The fraction of sp³-hybridized carbons (Fsp3) is 0.333. The summed E-state index contributed by atoms with van der Waals surface area (Å²) in [6.45, 7) is 0.377. The number of sulfonamides is 1. The smallest absolute Gasteiger partial charge is 0.339 e. The van der Waals surface area contributed by atoms with Crippen molar-refractivity contribution in [2.75, 3.05) is 25.5 Å². The maximum atomic E-state index is 12.9. The van der Waals surface area contributed by atoms with E-state index in [2.05, 4.69) is 10.1 Å². The SMILES string of the molecule is COC(=O)c1cc(NC(=O)[C@@H]2CCCN(S(=O)(=O)Cc3ccc(Cl)cc3Cl)C2)ccc1Cl. The van der Waals surface area contributed by atoms with Gasteiger partial charge in [-0.25, -0.2) is 17.5 Å². The van der Waals surface area contributed by atoms with Gasteiger partial charge in [-0.2, -0.15) is 0 Å². The molecule has 1 amide bonds. The lowest BCUT2D eigenvalue weighted by Gasteiger charge is -2.31. The van der Waals surface area contributed by atoms with Crippen LogP contribution in [-0.4, -0.2) is 44.8 Å². The van der Waals surface area contributed by atoms with Crippen molar-refractivity contribution >= 4 is 62.4 Å². The number of methoxy groups -OCH3 is 1. The number of halogens is 3. The molecule has 1 saturated heterocycles. The lowest BCUT2D eigenvalue weighted by Crippen LogP contribution is -2.44. The van der Waals surface area contributed by atoms with Crippen molar-refractivity contribution < 1.29 is 22.7 Å². The highest BCUT2D eigenvalue weighted by molar-refractivity contribution is 7.88. The van der Waals surface area contributed by atoms with Gasteiger partial charge in [0, 0.05) is 28.8 Å². The van der Waals surface area contributed by atoms with E-state index in [1.165, 1.54) is 29.6 Å². The summed E-state index contributed by atoms with van der Waals surface area (Å²) in [5.74, 6) is -1.79. The first-order valence-electron chi connectivity index (χ1n) is 9.71. The molecule has 0 bridgehead atoms. The van der Waals surface area contributed by atoms with Crippen molar-refractivity contribution in [2.45, 2.75) is 18.6 Å². The Balaban J connectivity index is 1.70. The van der Waals surface area contributed by atoms with Crippen LogP contribution >= 0.6 is 34.8 Å². The van der Waals surface area contributed by atoms with E-state index in [1.54, 1.807) is 18.2 Å². The van der Waals surface area contributed by atoms with Gasteiger partial charge < -0.3 is 10.1 Å². The molecule has 7 nitrogen and oxygen atoms in total. The molecule has 1 aliphatic heterocycles. The van der Waals surface area contributed by atoms with E-state index in [4.69, 9.17) is 34.8 Å². The van der Waals surface area contributed by atoms with Crippen LogP contribution in [0.4, 0.5) is 5.69 Å². The van der Waals surface area contributed by atoms with Gasteiger partial charge in [0.15, 0.2) is 0 Å². The van der Waals surface area contributed by atoms with Gasteiger partial charge in [-0.15, -0.1) is 0 Å². The van der Waals surface area contributed by atoms with E-state index in [0.717, 1.165) is 0 Å². The summed E-state index contributed by atoms with van der Waals surface area (Å²) in [4.78, 5) is 24.6. The molecule has 3 rings (SSSR count). The number of rotatable bonds is 6. The molecule has 2 aromatic rings. The van der Waals surface area contributed by atoms with Crippen LogP contribution in [0.5, 0.6) is 0 Å². The van der Waals surface area contributed by atoms with Crippen molar-refractivity contribution in [3.63, 3.8) is 0 Å². The van der Waals surface area contributed by atoms with E-state index >= 15 is 0 Å². The molecule has 0 unspecified atom stereocenters. The Labute approximate surface area is 201 Å². The van der Waals surface area contributed by atoms with Crippen molar-refractivity contribution in [1.29, 1.82) is 0 Å². The maximum absolute atomic E-state index is 12.9. The Kier molecular flexibility index (Phi) is 8.06. The monoisotopic (exact) mass is 518 g/mol. The van der Waals surface area contributed by atoms with E-state index in [0.29, 0.717) is 35.7 Å². The fourth-order valence-corrected chi connectivity index (χ4v) is 5.84. The minimum atomic E-state index is -3.69. The molecule has 1 aliphatic rings. The first-order valence-corrected chi connectivity index (χ1v) is 12.5. The van der Waals surface area contributed by atoms with Crippen molar-refractivity contribution in [3.05, 3.63) is 62.6 Å². The van der Waals surface area contributed by atoms with Crippen LogP contribution < -0.4 is 5.32 Å². The molecule has 172 valence electrons. The number of anilines is 1. The Morgan fingerprint density at radius 1 is 1.12 bits per heavy atom. The van der Waals surface area contributed by atoms with Gasteiger partial charge in [-0.05, 0) is 48.7 Å². The number of piperidine rings is 1. The highest BCUT2D eigenvalue weighted by Crippen LogP contribution is 2.27. The van der Waals surface area contributed by atoms with Crippen molar-refractivity contribution in [1.82, 2.24) is 4.31 Å². The Bertz CT molecular complexity index is 1140. The number of nitrogens with zero attached hydrogens (tertiary/aromatic N) is 1. The molecule has 0 aliphatic carbocycles. The summed E-state index contributed by atoms with van der Waals surface area (Å²) in [7, 11) is -2.46. The third-order valence-electron chi connectivity index (χ3n) is 5.14. The van der Waals surface area contributed by atoms with E-state index in [1.807, 2.05) is 0 Å². The lowest BCUT2D eigenvalue weighted by molar-refractivity contribution is -0.120. The van der Waals surface area contributed by atoms with Gasteiger partial charge in [0.25, 0.3) is 0 Å². The largest absolute Gasteiger partial charge is 0.465 e. The first-order chi connectivity index (χ1) is 15.1. The summed E-state index contributed by atoms with van der Waals surface area (Å²) >= 11 is 18.0. The molecule has 0 radical (unpaired) electrons. The molecule has 0 spiro atoms. The molecular formula is C21H21Cl3N2O5S. The number of ether oxygens (including phenoxy) is 1. The van der Waals surface area contributed by atoms with Gasteiger partial charge >= 0.3 is 5.97 Å². The summed E-state index contributed by atoms with van der Waals surface area (Å²) in [6, 6.07) is 9.12. The lowest BCUT2D eigenvalue weighted by atomic mass is 9.98. The predicted octanol–water partition coefficient (Wildman–Crippen LogP) is 4.61. The molecule has 1 heterocycles. The van der Waals surface area contributed by atoms with E-state index in [-0.39, 0.29) is 33.8 Å². The number of carbonyl (C=O) groups excluding carboxylic acids is 2. The number of nitrogens with one attached hydrogen (secondary N) is 1. The zero-order valence-electron chi connectivity index (χ0n) is 17.1. The minimum absolute atomic E-state index is 0.0524. The second kappa shape index (κ2) is 10.4. The van der Waals surface area contributed by atoms with Gasteiger partial charge in [-0.1, -0.05) is 40.9 Å². The topological polar surface area (TPSA) is 92.8 Å². The maximum Gasteiger partial charge on any atom is 0.339 e. The molecule has 1 fully saturated rings. The third-order valence-corrected chi connectivity index (χ3v) is 7.85. The Hall–Kier alpha value is -1.84. The summed E-state index contributed by atoms with van der Waals surface area (Å²) in [5.41, 5.74) is 0.937. The summed E-state index contributed by atoms with van der Waals surface area (Å²) in [6.07, 6.45) is 1.08. The van der Waals surface area contributed by atoms with Crippen LogP contribution in [0.25, 0.3) is 0 Å². The van der Waals surface area contributed by atoms with E-state index in [9.17, 15) is 18.0 Å². The van der Waals surface area contributed by atoms with Gasteiger partial charge in [0.05, 0.1) is 29.4 Å². The number of hydrogen-bond acceptors (Lipinski definition) is 5. The van der Waals surface area contributed by atoms with Crippen LogP contribution in [0, 0.1) is 5.92 Å². The number of esters is 1. The molecule has 1 N–H and O–H groups in total. The molecule has 0 saturated carbocycles. The third kappa shape index (κ3) is 5.94. The standard InChI is InChI=1S/C21H21Cl3N2O5S/c1-31-21(28)17-10-16(6-7-18(17)23)25-20(27)13-3-2-8-26(11-13)32(29,30)12-14-4-5-15(22)9-19(14)24/h4-7,9-10,13H,2-3,8,11-12H2,1H3,(H,25,27)/t13-/m1/s1. The summed E-state index contributed by atoms with van der Waals surface area (Å²) < 4.78 is 31.9. The second-order valence-corrected chi connectivity index (χ2v) is 10.6. The highest BCUT2D eigenvalue weighted by Gasteiger charge is 2.33. The van der Waals surface area contributed by atoms with Crippen molar-refractivity contribution in [3.8, 4) is 0 Å². The van der Waals surface area contributed by atoms with Gasteiger partial charge in [0.2, 0.25) is 15.9 Å². The van der Waals surface area contributed by atoms with Crippen LogP contribution in [-0.2, 0) is 25.3 Å². The molecule has 11 heteroatoms. The quantitative estimate of drug-likeness (QED) is 0.563. The first kappa shape index (κ1) is 24.8. The van der Waals surface area contributed by atoms with E-state index < -0.39 is 21.9 Å². The fourth-order valence-electron chi connectivity index (χ4n) is 3.45. The Morgan fingerprint density at radius 2 is 1.88 bits per heavy atom. The minimum Gasteiger partial charge on any atom is -0.465 e. The number of hydrogen-bond donors (Lipinski definition) is 1. The molecule has 0 aromatic heterocycles. The molecular weight excluding hydrogens is 499 g/mol. The number of carbonyl (C=O) groups is 2. The molecule has 2 aromatic carbocycles. The van der Waals surface area contributed by atoms with Crippen LogP contribution in [0.15, 0.2) is 36.4 Å². The number of benzene rings is 2. The van der Waals surface area contributed by atoms with Crippen molar-refractivity contribution in [2.24, 2.45) is 5.92 Å². The molecule has 32 heavy (non-hydrogen) atoms. The normalized spacial score (nSPS) is 17.1. The van der Waals surface area contributed by atoms with Crippen LogP contribution in [0.1, 0.15) is 28.8 Å². The molecule has 1 atom stereocenters. The second-order valence-electron chi connectivity index (χ2n) is 7.36. The average Bonchev–Trinajstić information content (AvgIpc) is 2.76. The highest BCUT2D eigenvalue weighted by atomic mass is 35.5. The van der Waals surface area contributed by atoms with Crippen LogP contribution in [0.3, 0.4) is 0 Å².